The summed E-state index contributed by atoms with van der Waals surface area (Å²) in [5.41, 5.74) is 4.69. The van der Waals surface area contributed by atoms with Gasteiger partial charge in [0.05, 0.1) is 0 Å². The first-order valence-corrected chi connectivity index (χ1v) is 5.23. The molecule has 2 rings (SSSR count). The molecule has 0 N–H and O–H groups in total. The van der Waals surface area contributed by atoms with E-state index in [2.05, 4.69) is 48.8 Å². The van der Waals surface area contributed by atoms with E-state index in [0.717, 1.165) is 24.1 Å². The van der Waals surface area contributed by atoms with Crippen molar-refractivity contribution in [1.29, 1.82) is 0 Å². The van der Waals surface area contributed by atoms with Gasteiger partial charge in [0.25, 0.3) is 0 Å². The Morgan fingerprint density at radius 2 is 2.27 bits per heavy atom. The maximum atomic E-state index is 4.27. The maximum absolute atomic E-state index is 4.27. The molecule has 0 aliphatic carbocycles. The summed E-state index contributed by atoms with van der Waals surface area (Å²) in [7, 11) is 0. The highest BCUT2D eigenvalue weighted by Crippen LogP contribution is 2.22. The summed E-state index contributed by atoms with van der Waals surface area (Å²) < 4.78 is 0. The van der Waals surface area contributed by atoms with E-state index in [0.29, 0.717) is 0 Å². The molecule has 0 saturated heterocycles. The molecular formula is C14H15N. The predicted molar refractivity (Wildman–Crippen MR) is 66.3 cm³/mol. The van der Waals surface area contributed by atoms with Gasteiger partial charge in [-0.1, -0.05) is 42.5 Å². The zero-order valence-corrected chi connectivity index (χ0v) is 9.03. The fourth-order valence-corrected chi connectivity index (χ4v) is 1.71. The lowest BCUT2D eigenvalue weighted by atomic mass is 9.97. The summed E-state index contributed by atoms with van der Waals surface area (Å²) in [6, 6.07) is 8.42. The highest BCUT2D eigenvalue weighted by molar-refractivity contribution is 6.00. The summed E-state index contributed by atoms with van der Waals surface area (Å²) in [6.45, 7) is 7.13. The van der Waals surface area contributed by atoms with Gasteiger partial charge >= 0.3 is 0 Å². The fourth-order valence-electron chi connectivity index (χ4n) is 1.71. The molecule has 0 spiro atoms. The smallest absolute Gasteiger partial charge is 0.0424 e. The first kappa shape index (κ1) is 9.91. The molecule has 1 aromatic rings. The Kier molecular flexibility index (Phi) is 2.82. The quantitative estimate of drug-likeness (QED) is 0.689. The Bertz CT molecular complexity index is 438. The standard InChI is InChI=1S/C14H15N/c1-11-5-3-6-13(9-11)12(2)14-7-4-8-15-10-14/h3,5-7,9-10H,2,4,8H2,1H3. The minimum atomic E-state index is 0.907. The van der Waals surface area contributed by atoms with Crippen LogP contribution in [0.3, 0.4) is 0 Å². The van der Waals surface area contributed by atoms with E-state index in [1.807, 2.05) is 6.21 Å². The molecular weight excluding hydrogens is 182 g/mol. The van der Waals surface area contributed by atoms with Gasteiger partial charge in [-0.3, -0.25) is 4.99 Å². The zero-order chi connectivity index (χ0) is 10.7. The monoisotopic (exact) mass is 197 g/mol. The van der Waals surface area contributed by atoms with Gasteiger partial charge in [-0.2, -0.15) is 0 Å². The molecule has 76 valence electrons. The highest BCUT2D eigenvalue weighted by Gasteiger charge is 2.05. The molecule has 0 saturated carbocycles. The molecule has 0 aromatic heterocycles. The van der Waals surface area contributed by atoms with E-state index < -0.39 is 0 Å². The van der Waals surface area contributed by atoms with Crippen molar-refractivity contribution < 1.29 is 0 Å². The van der Waals surface area contributed by atoms with Gasteiger partial charge in [0.1, 0.15) is 0 Å². The predicted octanol–water partition coefficient (Wildman–Crippen LogP) is 3.41. The highest BCUT2D eigenvalue weighted by atomic mass is 14.7. The number of benzene rings is 1. The molecule has 0 bridgehead atoms. The number of allylic oxidation sites excluding steroid dienone is 2. The summed E-state index contributed by atoms with van der Waals surface area (Å²) >= 11 is 0. The molecule has 1 heterocycles. The SMILES string of the molecule is C=C(C1=CCCN=C1)c1cccc(C)c1. The number of hydrogen-bond acceptors (Lipinski definition) is 1. The number of aryl methyl sites for hydroxylation is 1. The van der Waals surface area contributed by atoms with Gasteiger partial charge in [0.2, 0.25) is 0 Å². The van der Waals surface area contributed by atoms with Crippen LogP contribution in [0.25, 0.3) is 5.57 Å². The summed E-state index contributed by atoms with van der Waals surface area (Å²) in [6.07, 6.45) is 5.16. The fraction of sp³-hybridized carbons (Fsp3) is 0.214. The van der Waals surface area contributed by atoms with Crippen molar-refractivity contribution in [3.8, 4) is 0 Å². The molecule has 0 atom stereocenters. The molecule has 0 unspecified atom stereocenters. The van der Waals surface area contributed by atoms with Crippen LogP contribution in [0.5, 0.6) is 0 Å². The Morgan fingerprint density at radius 3 is 2.93 bits per heavy atom. The van der Waals surface area contributed by atoms with Crippen LogP contribution in [-0.2, 0) is 0 Å². The average molecular weight is 197 g/mol. The second kappa shape index (κ2) is 4.26. The maximum Gasteiger partial charge on any atom is 0.0424 e. The number of dihydropyridines is 1. The third-order valence-electron chi connectivity index (χ3n) is 2.57. The average Bonchev–Trinajstić information content (AvgIpc) is 2.29. The van der Waals surface area contributed by atoms with Crippen molar-refractivity contribution in [3.05, 3.63) is 53.6 Å². The molecule has 15 heavy (non-hydrogen) atoms. The second-order valence-corrected chi connectivity index (χ2v) is 3.83. The van der Waals surface area contributed by atoms with Crippen LogP contribution in [0, 0.1) is 6.92 Å². The van der Waals surface area contributed by atoms with Gasteiger partial charge in [-0.25, -0.2) is 0 Å². The third-order valence-corrected chi connectivity index (χ3v) is 2.57. The molecule has 1 aliphatic heterocycles. The Morgan fingerprint density at radius 1 is 1.40 bits per heavy atom. The lowest BCUT2D eigenvalue weighted by molar-refractivity contribution is 0.995. The van der Waals surface area contributed by atoms with E-state index in [-0.39, 0.29) is 0 Å². The van der Waals surface area contributed by atoms with Crippen molar-refractivity contribution in [2.24, 2.45) is 4.99 Å². The molecule has 0 fully saturated rings. The van der Waals surface area contributed by atoms with Crippen LogP contribution >= 0.6 is 0 Å². The largest absolute Gasteiger partial charge is 0.292 e. The summed E-state index contributed by atoms with van der Waals surface area (Å²) in [4.78, 5) is 4.27. The Hall–Kier alpha value is -1.63. The van der Waals surface area contributed by atoms with Gasteiger partial charge in [0.15, 0.2) is 0 Å². The summed E-state index contributed by atoms with van der Waals surface area (Å²) in [5, 5.41) is 0. The van der Waals surface area contributed by atoms with Crippen molar-refractivity contribution in [2.45, 2.75) is 13.3 Å². The van der Waals surface area contributed by atoms with Crippen LogP contribution in [0.15, 0.2) is 47.5 Å². The molecule has 1 nitrogen and oxygen atoms in total. The van der Waals surface area contributed by atoms with Crippen LogP contribution in [0.4, 0.5) is 0 Å². The number of hydrogen-bond donors (Lipinski definition) is 0. The normalized spacial score (nSPS) is 14.9. The van der Waals surface area contributed by atoms with E-state index in [4.69, 9.17) is 0 Å². The van der Waals surface area contributed by atoms with Gasteiger partial charge in [-0.15, -0.1) is 0 Å². The van der Waals surface area contributed by atoms with E-state index in [9.17, 15) is 0 Å². The number of aliphatic imine (C=N–C) groups is 1. The van der Waals surface area contributed by atoms with E-state index in [1.165, 1.54) is 11.1 Å². The molecule has 1 aromatic carbocycles. The van der Waals surface area contributed by atoms with Crippen LogP contribution < -0.4 is 0 Å². The third kappa shape index (κ3) is 2.24. The molecule has 0 amide bonds. The van der Waals surface area contributed by atoms with Crippen molar-refractivity contribution >= 4 is 11.8 Å². The zero-order valence-electron chi connectivity index (χ0n) is 9.03. The van der Waals surface area contributed by atoms with Gasteiger partial charge in [-0.05, 0) is 30.1 Å². The van der Waals surface area contributed by atoms with E-state index >= 15 is 0 Å². The Labute approximate surface area is 90.9 Å². The van der Waals surface area contributed by atoms with Gasteiger partial charge < -0.3 is 0 Å². The van der Waals surface area contributed by atoms with E-state index in [1.54, 1.807) is 0 Å². The van der Waals surface area contributed by atoms with Crippen molar-refractivity contribution in [1.82, 2.24) is 0 Å². The lowest BCUT2D eigenvalue weighted by Crippen LogP contribution is -1.97. The van der Waals surface area contributed by atoms with Gasteiger partial charge in [0, 0.05) is 12.8 Å². The molecule has 1 heteroatoms. The number of rotatable bonds is 2. The topological polar surface area (TPSA) is 12.4 Å². The second-order valence-electron chi connectivity index (χ2n) is 3.83. The van der Waals surface area contributed by atoms with Crippen molar-refractivity contribution in [2.75, 3.05) is 6.54 Å². The summed E-state index contributed by atoms with van der Waals surface area (Å²) in [5.74, 6) is 0. The van der Waals surface area contributed by atoms with Crippen LogP contribution in [0.2, 0.25) is 0 Å². The lowest BCUT2D eigenvalue weighted by Gasteiger charge is -2.10. The Balaban J connectivity index is 2.28. The first-order chi connectivity index (χ1) is 7.27. The van der Waals surface area contributed by atoms with Crippen LogP contribution in [-0.4, -0.2) is 12.8 Å². The van der Waals surface area contributed by atoms with Crippen LogP contribution in [0.1, 0.15) is 17.5 Å². The number of nitrogens with zero attached hydrogens (tertiary/aromatic N) is 1. The minimum Gasteiger partial charge on any atom is -0.292 e. The molecule has 1 aliphatic rings. The molecule has 0 radical (unpaired) electrons. The van der Waals surface area contributed by atoms with Crippen molar-refractivity contribution in [3.63, 3.8) is 0 Å². The first-order valence-electron chi connectivity index (χ1n) is 5.23. The minimum absolute atomic E-state index is 0.907.